The maximum Gasteiger partial charge on any atom is 0.449 e. The molecule has 214 valence electrons. The summed E-state index contributed by atoms with van der Waals surface area (Å²) in [5.74, 6) is -0.503. The molecule has 0 saturated carbocycles. The Balaban J connectivity index is 1.72. The molecule has 0 aliphatic rings. The summed E-state index contributed by atoms with van der Waals surface area (Å²) < 4.78 is 80.4. The highest BCUT2D eigenvalue weighted by Crippen LogP contribution is 2.39. The van der Waals surface area contributed by atoms with Gasteiger partial charge in [0.05, 0.1) is 24.8 Å². The predicted molar refractivity (Wildman–Crippen MR) is 149 cm³/mol. The van der Waals surface area contributed by atoms with Crippen LogP contribution in [0.3, 0.4) is 0 Å². The van der Waals surface area contributed by atoms with Crippen molar-refractivity contribution in [3.63, 3.8) is 0 Å². The van der Waals surface area contributed by atoms with E-state index in [-0.39, 0.29) is 21.9 Å². The molecule has 0 heterocycles. The van der Waals surface area contributed by atoms with E-state index in [9.17, 15) is 26.4 Å². The van der Waals surface area contributed by atoms with Crippen LogP contribution in [0.4, 0.5) is 13.2 Å². The van der Waals surface area contributed by atoms with Gasteiger partial charge in [0.1, 0.15) is 5.75 Å². The zero-order chi connectivity index (χ0) is 29.9. The lowest BCUT2D eigenvalue weighted by Crippen LogP contribution is -2.14. The fourth-order valence-corrected chi connectivity index (χ4v) is 5.04. The number of benzene rings is 4. The Morgan fingerprint density at radius 3 is 2.17 bits per heavy atom. The number of aryl methyl sites for hydroxylation is 2. The van der Waals surface area contributed by atoms with Crippen molar-refractivity contribution in [2.75, 3.05) is 7.11 Å². The molecule has 0 aromatic heterocycles. The lowest BCUT2D eigenvalue weighted by atomic mass is 9.93. The van der Waals surface area contributed by atoms with E-state index in [1.54, 1.807) is 55.5 Å². The SMILES string of the molecule is COC(=O)c1ccc(-c2ccc(Cl)c(-c3ccc(C(F)(F)F)cc3COS(=O)(=O)Oc3ccc(C)cc3)c2)c(C)c1. The Labute approximate surface area is 240 Å². The molecule has 0 bridgehead atoms. The minimum absolute atomic E-state index is 0.0100. The van der Waals surface area contributed by atoms with E-state index in [1.807, 2.05) is 6.92 Å². The van der Waals surface area contributed by atoms with Gasteiger partial charge in [0.25, 0.3) is 0 Å². The summed E-state index contributed by atoms with van der Waals surface area (Å²) in [6.45, 7) is 2.86. The number of carbonyl (C=O) groups is 1. The molecule has 0 spiro atoms. The standard InChI is InChI=1S/C30H24ClF3O6S/c1-18-4-9-24(10-5-18)40-41(36,37)39-17-22-15-23(30(32,33)34)8-12-26(22)27-16-20(7-13-28(27)31)25-11-6-21(14-19(25)2)29(35)38-3/h4-16H,17H2,1-3H3. The Morgan fingerprint density at radius 1 is 0.854 bits per heavy atom. The largest absolute Gasteiger partial charge is 0.465 e. The number of esters is 1. The lowest BCUT2D eigenvalue weighted by molar-refractivity contribution is -0.137. The van der Waals surface area contributed by atoms with E-state index < -0.39 is 34.7 Å². The van der Waals surface area contributed by atoms with Gasteiger partial charge in [-0.25, -0.2) is 8.98 Å². The molecule has 0 unspecified atom stereocenters. The molecule has 11 heteroatoms. The van der Waals surface area contributed by atoms with Crippen molar-refractivity contribution < 1.29 is 39.5 Å². The number of hydrogen-bond donors (Lipinski definition) is 0. The summed E-state index contributed by atoms with van der Waals surface area (Å²) in [7, 11) is -3.35. The van der Waals surface area contributed by atoms with Gasteiger partial charge in [-0.05, 0) is 90.2 Å². The summed E-state index contributed by atoms with van der Waals surface area (Å²) in [6.07, 6.45) is -4.69. The zero-order valence-electron chi connectivity index (χ0n) is 22.1. The summed E-state index contributed by atoms with van der Waals surface area (Å²) >= 11 is 6.49. The van der Waals surface area contributed by atoms with Crippen LogP contribution in [0.2, 0.25) is 5.02 Å². The van der Waals surface area contributed by atoms with Gasteiger partial charge in [-0.2, -0.15) is 21.6 Å². The van der Waals surface area contributed by atoms with Gasteiger partial charge in [0.2, 0.25) is 0 Å². The van der Waals surface area contributed by atoms with Crippen molar-refractivity contribution in [1.82, 2.24) is 0 Å². The Bertz CT molecular complexity index is 1700. The zero-order valence-corrected chi connectivity index (χ0v) is 23.7. The van der Waals surface area contributed by atoms with E-state index >= 15 is 0 Å². The molecule has 0 radical (unpaired) electrons. The molecule has 4 rings (SSSR count). The molecule has 4 aromatic carbocycles. The first-order valence-corrected chi connectivity index (χ1v) is 13.8. The van der Waals surface area contributed by atoms with E-state index in [2.05, 4.69) is 0 Å². The molecule has 0 aliphatic heterocycles. The maximum atomic E-state index is 13.6. The van der Waals surface area contributed by atoms with E-state index in [4.69, 9.17) is 24.7 Å². The molecular formula is C30H24ClF3O6S. The van der Waals surface area contributed by atoms with Crippen molar-refractivity contribution in [1.29, 1.82) is 0 Å². The molecule has 6 nitrogen and oxygen atoms in total. The van der Waals surface area contributed by atoms with Crippen molar-refractivity contribution in [2.24, 2.45) is 0 Å². The van der Waals surface area contributed by atoms with Crippen LogP contribution in [0, 0.1) is 13.8 Å². The molecule has 0 aliphatic carbocycles. The first-order chi connectivity index (χ1) is 19.3. The molecular weight excluding hydrogens is 581 g/mol. The van der Waals surface area contributed by atoms with Gasteiger partial charge in [-0.3, -0.25) is 0 Å². The number of alkyl halides is 3. The van der Waals surface area contributed by atoms with Crippen LogP contribution < -0.4 is 4.18 Å². The second kappa shape index (κ2) is 11.9. The van der Waals surface area contributed by atoms with Crippen molar-refractivity contribution in [2.45, 2.75) is 26.6 Å². The molecule has 41 heavy (non-hydrogen) atoms. The average molecular weight is 605 g/mol. The molecule has 0 atom stereocenters. The fraction of sp³-hybridized carbons (Fsp3) is 0.167. The van der Waals surface area contributed by atoms with Gasteiger partial charge in [-0.15, -0.1) is 0 Å². The highest BCUT2D eigenvalue weighted by molar-refractivity contribution is 7.82. The summed E-state index contributed by atoms with van der Waals surface area (Å²) in [5.41, 5.74) is 2.92. The van der Waals surface area contributed by atoms with Crippen LogP contribution in [-0.2, 0) is 32.1 Å². The Kier molecular flexibility index (Phi) is 8.77. The summed E-state index contributed by atoms with van der Waals surface area (Å²) in [4.78, 5) is 11.9. The second-order valence-electron chi connectivity index (χ2n) is 9.15. The number of carbonyl (C=O) groups excluding carboxylic acids is 1. The topological polar surface area (TPSA) is 78.9 Å². The number of halogens is 4. The second-order valence-corrected chi connectivity index (χ2v) is 10.8. The van der Waals surface area contributed by atoms with Crippen molar-refractivity contribution >= 4 is 28.0 Å². The van der Waals surface area contributed by atoms with Gasteiger partial charge in [-0.1, -0.05) is 47.5 Å². The molecule has 0 fully saturated rings. The van der Waals surface area contributed by atoms with Crippen LogP contribution in [-0.4, -0.2) is 21.5 Å². The van der Waals surface area contributed by atoms with E-state index in [0.717, 1.165) is 28.8 Å². The number of ether oxygens (including phenoxy) is 1. The minimum Gasteiger partial charge on any atom is -0.465 e. The molecule has 4 aromatic rings. The Hall–Kier alpha value is -3.86. The van der Waals surface area contributed by atoms with Crippen molar-refractivity contribution in [3.05, 3.63) is 112 Å². The van der Waals surface area contributed by atoms with E-state index in [0.29, 0.717) is 16.7 Å². The number of hydrogen-bond acceptors (Lipinski definition) is 6. The Morgan fingerprint density at radius 2 is 1.54 bits per heavy atom. The number of rotatable bonds is 8. The van der Waals surface area contributed by atoms with Crippen LogP contribution in [0.1, 0.15) is 32.6 Å². The van der Waals surface area contributed by atoms with E-state index in [1.165, 1.54) is 25.3 Å². The average Bonchev–Trinajstić information content (AvgIpc) is 2.92. The predicted octanol–water partition coefficient (Wildman–Crippen LogP) is 7.94. The van der Waals surface area contributed by atoms with Crippen LogP contribution in [0.25, 0.3) is 22.3 Å². The van der Waals surface area contributed by atoms with Crippen LogP contribution in [0.5, 0.6) is 5.75 Å². The van der Waals surface area contributed by atoms with Gasteiger partial charge in [0.15, 0.2) is 0 Å². The monoisotopic (exact) mass is 604 g/mol. The normalized spacial score (nSPS) is 11.8. The summed E-state index contributed by atoms with van der Waals surface area (Å²) in [6, 6.07) is 19.0. The molecule has 0 amide bonds. The molecule has 0 saturated heterocycles. The van der Waals surface area contributed by atoms with Gasteiger partial charge in [0, 0.05) is 10.6 Å². The highest BCUT2D eigenvalue weighted by atomic mass is 35.5. The third-order valence-corrected chi connectivity index (χ3v) is 7.36. The minimum atomic E-state index is -4.69. The smallest absolute Gasteiger partial charge is 0.449 e. The summed E-state index contributed by atoms with van der Waals surface area (Å²) in [5, 5.41) is 0.220. The first kappa shape index (κ1) is 30.1. The van der Waals surface area contributed by atoms with Gasteiger partial charge >= 0.3 is 22.5 Å². The van der Waals surface area contributed by atoms with Crippen LogP contribution in [0.15, 0.2) is 78.9 Å². The van der Waals surface area contributed by atoms with Crippen molar-refractivity contribution in [3.8, 4) is 28.0 Å². The number of methoxy groups -OCH3 is 1. The maximum absolute atomic E-state index is 13.6. The quantitative estimate of drug-likeness (QED) is 0.190. The lowest BCUT2D eigenvalue weighted by Gasteiger charge is -2.17. The molecule has 0 N–H and O–H groups in total. The third-order valence-electron chi connectivity index (χ3n) is 6.23. The van der Waals surface area contributed by atoms with Gasteiger partial charge < -0.3 is 8.92 Å². The fourth-order valence-electron chi connectivity index (χ4n) is 4.16. The highest BCUT2D eigenvalue weighted by Gasteiger charge is 2.31. The van der Waals surface area contributed by atoms with Crippen LogP contribution >= 0.6 is 11.6 Å². The first-order valence-electron chi connectivity index (χ1n) is 12.1. The third kappa shape index (κ3) is 7.27.